The number of hydrogen-bond acceptors (Lipinski definition) is 4. The molecule has 0 bridgehead atoms. The first-order chi connectivity index (χ1) is 39.7. The van der Waals surface area contributed by atoms with Crippen LogP contribution in [0.2, 0.25) is 0 Å². The molecule has 16 rings (SSSR count). The Morgan fingerprint density at radius 1 is 0.200 bits per heavy atom. The zero-order valence-electron chi connectivity index (χ0n) is 43.4. The Balaban J connectivity index is 1.03. The standard InChI is InChI=1S/C76H48N2O2/c1-5-21-49(22-6-1)55-31-17-32-56(50-23-7-2-8-24-50)75(55)77(65-35-19-39-69-73(65)61-29-13-15-37-67(61)79-69)63-47-43-53-42-46-60-64(48-44-54-41-45-59(63)71(53)72(54)60)78(66-36-20-40-70-74(66)62-30-14-16-38-68(62)80-70)76-57(51-25-9-3-10-26-51)33-18-34-58(76)52-27-11-4-12-28-52/h1-48H. The minimum Gasteiger partial charge on any atom is -0.456 e. The van der Waals surface area contributed by atoms with Gasteiger partial charge in [-0.15, -0.1) is 0 Å². The molecule has 0 aliphatic rings. The molecule has 2 aromatic heterocycles. The van der Waals surface area contributed by atoms with Crippen molar-refractivity contribution in [3.63, 3.8) is 0 Å². The van der Waals surface area contributed by atoms with Gasteiger partial charge in [-0.3, -0.25) is 0 Å². The maximum atomic E-state index is 6.71. The lowest BCUT2D eigenvalue weighted by atomic mass is 9.89. The third kappa shape index (κ3) is 7.16. The van der Waals surface area contributed by atoms with Gasteiger partial charge in [-0.05, 0) is 92.3 Å². The third-order valence-corrected chi connectivity index (χ3v) is 16.2. The smallest absolute Gasteiger partial charge is 0.137 e. The number of rotatable bonds is 10. The Hall–Kier alpha value is -10.7. The number of hydrogen-bond donors (Lipinski definition) is 0. The van der Waals surface area contributed by atoms with Crippen LogP contribution in [-0.2, 0) is 0 Å². The summed E-state index contributed by atoms with van der Waals surface area (Å²) < 4.78 is 13.4. The van der Waals surface area contributed by atoms with Gasteiger partial charge in [-0.1, -0.05) is 243 Å². The SMILES string of the molecule is c1ccc(-c2cccc(-c3ccccc3)c2N(c2ccc3ccc4c(N(c5c(-c6ccccc6)cccc5-c5ccccc5)c5cccc6oc7ccccc7c56)ccc5ccc2c3c54)c2cccc3oc4ccccc4c23)cc1. The van der Waals surface area contributed by atoms with E-state index >= 15 is 0 Å². The molecule has 0 aliphatic heterocycles. The summed E-state index contributed by atoms with van der Waals surface area (Å²) in [7, 11) is 0. The number of para-hydroxylation sites is 4. The van der Waals surface area contributed by atoms with Crippen molar-refractivity contribution < 1.29 is 8.83 Å². The van der Waals surface area contributed by atoms with Gasteiger partial charge in [0.05, 0.1) is 44.9 Å². The molecular weight excluding hydrogens is 973 g/mol. The quantitative estimate of drug-likeness (QED) is 0.128. The van der Waals surface area contributed by atoms with Crippen LogP contribution in [0.3, 0.4) is 0 Å². The van der Waals surface area contributed by atoms with Gasteiger partial charge in [0.2, 0.25) is 0 Å². The summed E-state index contributed by atoms with van der Waals surface area (Å²) in [5.74, 6) is 0. The third-order valence-electron chi connectivity index (χ3n) is 16.2. The highest BCUT2D eigenvalue weighted by Gasteiger charge is 2.30. The normalized spacial score (nSPS) is 11.8. The number of benzene rings is 14. The molecule has 80 heavy (non-hydrogen) atoms. The molecule has 0 amide bonds. The van der Waals surface area contributed by atoms with Gasteiger partial charge in [-0.2, -0.15) is 0 Å². The minimum absolute atomic E-state index is 0.834. The second kappa shape index (κ2) is 18.5. The second-order valence-electron chi connectivity index (χ2n) is 20.6. The van der Waals surface area contributed by atoms with Crippen LogP contribution >= 0.6 is 0 Å². The van der Waals surface area contributed by atoms with E-state index in [1.807, 2.05) is 0 Å². The lowest BCUT2D eigenvalue weighted by molar-refractivity contribution is 0.668. The van der Waals surface area contributed by atoms with E-state index in [4.69, 9.17) is 8.83 Å². The van der Waals surface area contributed by atoms with Crippen LogP contribution in [0, 0.1) is 0 Å². The first-order valence-electron chi connectivity index (χ1n) is 27.3. The Labute approximate surface area is 462 Å². The minimum atomic E-state index is 0.834. The van der Waals surface area contributed by atoms with Gasteiger partial charge in [0, 0.05) is 43.8 Å². The van der Waals surface area contributed by atoms with E-state index in [1.54, 1.807) is 0 Å². The van der Waals surface area contributed by atoms with Crippen molar-refractivity contribution in [1.29, 1.82) is 0 Å². The van der Waals surface area contributed by atoms with E-state index in [0.29, 0.717) is 0 Å². The number of anilines is 6. The van der Waals surface area contributed by atoms with Crippen molar-refractivity contribution in [2.24, 2.45) is 0 Å². The molecule has 16 aromatic rings. The molecule has 0 unspecified atom stereocenters. The van der Waals surface area contributed by atoms with E-state index in [9.17, 15) is 0 Å². The Bertz CT molecular complexity index is 4570. The van der Waals surface area contributed by atoms with E-state index in [2.05, 4.69) is 301 Å². The summed E-state index contributed by atoms with van der Waals surface area (Å²) >= 11 is 0. The first kappa shape index (κ1) is 45.5. The van der Waals surface area contributed by atoms with Gasteiger partial charge in [0.1, 0.15) is 22.3 Å². The fourth-order valence-corrected chi connectivity index (χ4v) is 12.8. The molecule has 2 heterocycles. The predicted octanol–water partition coefficient (Wildman–Crippen LogP) is 22.0. The van der Waals surface area contributed by atoms with Crippen molar-refractivity contribution >= 4 is 110 Å². The monoisotopic (exact) mass is 1020 g/mol. The van der Waals surface area contributed by atoms with Crippen LogP contribution < -0.4 is 9.80 Å². The molecule has 0 atom stereocenters. The van der Waals surface area contributed by atoms with Crippen molar-refractivity contribution in [2.75, 3.05) is 9.80 Å². The van der Waals surface area contributed by atoms with Gasteiger partial charge in [-0.25, -0.2) is 0 Å². The van der Waals surface area contributed by atoms with Gasteiger partial charge in [0.25, 0.3) is 0 Å². The van der Waals surface area contributed by atoms with Crippen LogP contribution in [0.4, 0.5) is 34.1 Å². The molecule has 14 aromatic carbocycles. The highest BCUT2D eigenvalue weighted by Crippen LogP contribution is 2.55. The lowest BCUT2D eigenvalue weighted by Gasteiger charge is -2.33. The number of furan rings is 2. The first-order valence-corrected chi connectivity index (χ1v) is 27.3. The van der Waals surface area contributed by atoms with Gasteiger partial charge < -0.3 is 18.6 Å². The largest absolute Gasteiger partial charge is 0.456 e. The summed E-state index contributed by atoms with van der Waals surface area (Å²) in [5.41, 5.74) is 18.7. The summed E-state index contributed by atoms with van der Waals surface area (Å²) in [4.78, 5) is 5.06. The molecule has 0 radical (unpaired) electrons. The molecule has 4 nitrogen and oxygen atoms in total. The van der Waals surface area contributed by atoms with Crippen molar-refractivity contribution in [2.45, 2.75) is 0 Å². The highest BCUT2D eigenvalue weighted by atomic mass is 16.3. The topological polar surface area (TPSA) is 32.8 Å². The van der Waals surface area contributed by atoms with E-state index in [0.717, 1.165) is 144 Å². The Morgan fingerprint density at radius 3 is 0.887 bits per heavy atom. The number of fused-ring (bicyclic) bond motifs is 6. The fraction of sp³-hybridized carbons (Fsp3) is 0. The zero-order valence-corrected chi connectivity index (χ0v) is 43.4. The molecular formula is C76H48N2O2. The molecule has 0 saturated heterocycles. The van der Waals surface area contributed by atoms with Crippen molar-refractivity contribution in [3.8, 4) is 44.5 Å². The maximum Gasteiger partial charge on any atom is 0.137 e. The maximum absolute atomic E-state index is 6.71. The van der Waals surface area contributed by atoms with Crippen molar-refractivity contribution in [3.05, 3.63) is 291 Å². The lowest BCUT2D eigenvalue weighted by Crippen LogP contribution is -2.14. The van der Waals surface area contributed by atoms with Crippen LogP contribution in [0.5, 0.6) is 0 Å². The van der Waals surface area contributed by atoms with Crippen LogP contribution in [0.15, 0.2) is 300 Å². The highest BCUT2D eigenvalue weighted by molar-refractivity contribution is 6.30. The molecule has 4 heteroatoms. The van der Waals surface area contributed by atoms with E-state index in [1.165, 1.54) is 10.8 Å². The molecule has 0 saturated carbocycles. The molecule has 0 aliphatic carbocycles. The zero-order chi connectivity index (χ0) is 52.7. The van der Waals surface area contributed by atoms with Gasteiger partial charge in [0.15, 0.2) is 0 Å². The van der Waals surface area contributed by atoms with Crippen LogP contribution in [-0.4, -0.2) is 0 Å². The summed E-state index contributed by atoms with van der Waals surface area (Å²) in [6, 6.07) is 105. The number of nitrogens with zero attached hydrogens (tertiary/aromatic N) is 2. The predicted molar refractivity (Wildman–Crippen MR) is 336 cm³/mol. The molecule has 374 valence electrons. The molecule has 0 N–H and O–H groups in total. The Kier molecular flexibility index (Phi) is 10.5. The van der Waals surface area contributed by atoms with Crippen LogP contribution in [0.1, 0.15) is 0 Å². The summed E-state index contributed by atoms with van der Waals surface area (Å²) in [6.45, 7) is 0. The van der Waals surface area contributed by atoms with Crippen LogP contribution in [0.25, 0.3) is 121 Å². The van der Waals surface area contributed by atoms with Crippen molar-refractivity contribution in [1.82, 2.24) is 0 Å². The second-order valence-corrected chi connectivity index (χ2v) is 20.6. The fourth-order valence-electron chi connectivity index (χ4n) is 12.8. The summed E-state index contributed by atoms with van der Waals surface area (Å²) in [5, 5.41) is 11.2. The average Bonchev–Trinajstić information content (AvgIpc) is 4.16. The average molecular weight is 1020 g/mol. The van der Waals surface area contributed by atoms with Gasteiger partial charge >= 0.3 is 0 Å². The molecule has 0 fully saturated rings. The van der Waals surface area contributed by atoms with E-state index < -0.39 is 0 Å². The molecule has 0 spiro atoms. The van der Waals surface area contributed by atoms with E-state index in [-0.39, 0.29) is 0 Å². The summed E-state index contributed by atoms with van der Waals surface area (Å²) in [6.07, 6.45) is 0. The Morgan fingerprint density at radius 2 is 0.512 bits per heavy atom.